The summed E-state index contributed by atoms with van der Waals surface area (Å²) in [4.78, 5) is 32.9. The van der Waals surface area contributed by atoms with Crippen LogP contribution < -0.4 is 5.32 Å². The maximum Gasteiger partial charge on any atom is 0.303 e. The standard InChI is InChI=1S/C11H19NO4/c1-7(2)10(14)6-12-9(8(3)13)4-5-11(15)16/h7,9,12H,4-6H2,1-3H3,(H,15,16)/t9-/m0/s1. The topological polar surface area (TPSA) is 83.5 Å². The van der Waals surface area contributed by atoms with Crippen LogP contribution in [0.15, 0.2) is 0 Å². The zero-order chi connectivity index (χ0) is 12.7. The van der Waals surface area contributed by atoms with E-state index in [4.69, 9.17) is 5.11 Å². The minimum atomic E-state index is -0.941. The summed E-state index contributed by atoms with van der Waals surface area (Å²) >= 11 is 0. The third kappa shape index (κ3) is 6.29. The van der Waals surface area contributed by atoms with E-state index in [1.807, 2.05) is 0 Å². The van der Waals surface area contributed by atoms with E-state index in [0.29, 0.717) is 0 Å². The van der Waals surface area contributed by atoms with Gasteiger partial charge in [0.15, 0.2) is 0 Å². The third-order valence-corrected chi connectivity index (χ3v) is 2.30. The number of rotatable bonds is 8. The molecule has 0 bridgehead atoms. The zero-order valence-electron chi connectivity index (χ0n) is 9.95. The average molecular weight is 229 g/mol. The molecule has 0 radical (unpaired) electrons. The van der Waals surface area contributed by atoms with E-state index >= 15 is 0 Å². The number of carbonyl (C=O) groups is 3. The van der Waals surface area contributed by atoms with Gasteiger partial charge in [0.05, 0.1) is 12.6 Å². The third-order valence-electron chi connectivity index (χ3n) is 2.30. The predicted molar refractivity (Wildman–Crippen MR) is 59.2 cm³/mol. The van der Waals surface area contributed by atoms with Crippen molar-refractivity contribution in [3.05, 3.63) is 0 Å². The van der Waals surface area contributed by atoms with Crippen molar-refractivity contribution >= 4 is 17.5 Å². The van der Waals surface area contributed by atoms with Crippen molar-refractivity contribution < 1.29 is 19.5 Å². The van der Waals surface area contributed by atoms with Gasteiger partial charge in [0.2, 0.25) is 0 Å². The highest BCUT2D eigenvalue weighted by atomic mass is 16.4. The van der Waals surface area contributed by atoms with Gasteiger partial charge in [0.1, 0.15) is 11.6 Å². The summed E-state index contributed by atoms with van der Waals surface area (Å²) in [6.07, 6.45) is 0.142. The Morgan fingerprint density at radius 3 is 2.19 bits per heavy atom. The molecule has 92 valence electrons. The molecule has 5 nitrogen and oxygen atoms in total. The molecule has 0 aromatic rings. The van der Waals surface area contributed by atoms with Gasteiger partial charge >= 0.3 is 5.97 Å². The lowest BCUT2D eigenvalue weighted by atomic mass is 10.1. The van der Waals surface area contributed by atoms with Crippen molar-refractivity contribution in [2.24, 2.45) is 5.92 Å². The van der Waals surface area contributed by atoms with E-state index < -0.39 is 12.0 Å². The maximum atomic E-state index is 11.3. The molecule has 0 saturated heterocycles. The molecule has 0 spiro atoms. The first-order valence-electron chi connectivity index (χ1n) is 5.33. The molecular formula is C11H19NO4. The molecule has 0 unspecified atom stereocenters. The molecule has 5 heteroatoms. The Hall–Kier alpha value is -1.23. The zero-order valence-corrected chi connectivity index (χ0v) is 9.95. The average Bonchev–Trinajstić information content (AvgIpc) is 2.15. The van der Waals surface area contributed by atoms with Crippen molar-refractivity contribution in [3.63, 3.8) is 0 Å². The van der Waals surface area contributed by atoms with Crippen LogP contribution in [0.1, 0.15) is 33.6 Å². The highest BCUT2D eigenvalue weighted by Crippen LogP contribution is 2.00. The second-order valence-electron chi connectivity index (χ2n) is 4.10. The Balaban J connectivity index is 4.09. The first kappa shape index (κ1) is 14.8. The molecular weight excluding hydrogens is 210 g/mol. The molecule has 0 aromatic carbocycles. The van der Waals surface area contributed by atoms with E-state index in [1.54, 1.807) is 13.8 Å². The number of hydrogen-bond donors (Lipinski definition) is 2. The van der Waals surface area contributed by atoms with Crippen molar-refractivity contribution in [1.82, 2.24) is 5.32 Å². The lowest BCUT2D eigenvalue weighted by Crippen LogP contribution is -2.40. The van der Waals surface area contributed by atoms with Crippen molar-refractivity contribution in [1.29, 1.82) is 0 Å². The summed E-state index contributed by atoms with van der Waals surface area (Å²) in [6, 6.07) is -0.543. The highest BCUT2D eigenvalue weighted by Gasteiger charge is 2.17. The Morgan fingerprint density at radius 2 is 1.81 bits per heavy atom. The molecule has 0 rings (SSSR count). The summed E-state index contributed by atoms with van der Waals surface area (Å²) in [5.74, 6) is -1.15. The first-order valence-corrected chi connectivity index (χ1v) is 5.33. The molecule has 1 atom stereocenters. The quantitative estimate of drug-likeness (QED) is 0.637. The monoisotopic (exact) mass is 229 g/mol. The lowest BCUT2D eigenvalue weighted by molar-refractivity contribution is -0.137. The van der Waals surface area contributed by atoms with Crippen LogP contribution in [0.25, 0.3) is 0 Å². The van der Waals surface area contributed by atoms with Gasteiger partial charge in [0, 0.05) is 12.3 Å². The lowest BCUT2D eigenvalue weighted by Gasteiger charge is -2.15. The van der Waals surface area contributed by atoms with Gasteiger partial charge in [0.25, 0.3) is 0 Å². The summed E-state index contributed by atoms with van der Waals surface area (Å²) in [5, 5.41) is 11.3. The predicted octanol–water partition coefficient (Wildman–Crippen LogP) is 0.623. The minimum absolute atomic E-state index is 0.0153. The Bertz CT molecular complexity index is 273. The van der Waals surface area contributed by atoms with E-state index in [-0.39, 0.29) is 36.9 Å². The van der Waals surface area contributed by atoms with Gasteiger partial charge in [-0.15, -0.1) is 0 Å². The molecule has 0 amide bonds. The second kappa shape index (κ2) is 7.11. The molecule has 0 aliphatic rings. The van der Waals surface area contributed by atoms with Crippen molar-refractivity contribution in [2.75, 3.05) is 6.54 Å². The van der Waals surface area contributed by atoms with Crippen LogP contribution in [-0.4, -0.2) is 35.2 Å². The van der Waals surface area contributed by atoms with Crippen LogP contribution in [-0.2, 0) is 14.4 Å². The number of hydrogen-bond acceptors (Lipinski definition) is 4. The number of carbonyl (C=O) groups excluding carboxylic acids is 2. The summed E-state index contributed by atoms with van der Waals surface area (Å²) < 4.78 is 0. The van der Waals surface area contributed by atoms with Crippen molar-refractivity contribution in [2.45, 2.75) is 39.7 Å². The fourth-order valence-corrected chi connectivity index (χ4v) is 1.14. The van der Waals surface area contributed by atoms with E-state index in [0.717, 1.165) is 0 Å². The second-order valence-corrected chi connectivity index (χ2v) is 4.10. The fourth-order valence-electron chi connectivity index (χ4n) is 1.14. The summed E-state index contributed by atoms with van der Waals surface area (Å²) in [7, 11) is 0. The van der Waals surface area contributed by atoms with Crippen LogP contribution in [0.2, 0.25) is 0 Å². The van der Waals surface area contributed by atoms with Crippen LogP contribution in [0.4, 0.5) is 0 Å². The molecule has 2 N–H and O–H groups in total. The van der Waals surface area contributed by atoms with Crippen LogP contribution in [0.5, 0.6) is 0 Å². The number of Topliss-reactive ketones (excluding diaryl/α,β-unsaturated/α-hetero) is 2. The molecule has 0 aliphatic carbocycles. The minimum Gasteiger partial charge on any atom is -0.481 e. The Kier molecular flexibility index (Phi) is 6.56. The molecule has 0 aliphatic heterocycles. The molecule has 0 fully saturated rings. The van der Waals surface area contributed by atoms with Crippen molar-refractivity contribution in [3.8, 4) is 0 Å². The first-order chi connectivity index (χ1) is 7.34. The van der Waals surface area contributed by atoms with E-state index in [2.05, 4.69) is 5.32 Å². The number of ketones is 2. The van der Waals surface area contributed by atoms with Gasteiger partial charge in [-0.1, -0.05) is 13.8 Å². The van der Waals surface area contributed by atoms with Gasteiger partial charge in [-0.05, 0) is 13.3 Å². The summed E-state index contributed by atoms with van der Waals surface area (Å²) in [6.45, 7) is 5.06. The van der Waals surface area contributed by atoms with Gasteiger partial charge < -0.3 is 10.4 Å². The van der Waals surface area contributed by atoms with Crippen LogP contribution in [0, 0.1) is 5.92 Å². The number of carboxylic acid groups (broad SMARTS) is 1. The molecule has 16 heavy (non-hydrogen) atoms. The molecule has 0 heterocycles. The Morgan fingerprint density at radius 1 is 1.25 bits per heavy atom. The SMILES string of the molecule is CC(=O)[C@H](CCC(=O)O)NCC(=O)C(C)C. The molecule has 0 saturated carbocycles. The maximum absolute atomic E-state index is 11.3. The van der Waals surface area contributed by atoms with Gasteiger partial charge in [-0.25, -0.2) is 0 Å². The Labute approximate surface area is 95.2 Å². The summed E-state index contributed by atoms with van der Waals surface area (Å²) in [5.41, 5.74) is 0. The number of nitrogens with one attached hydrogen (secondary N) is 1. The number of carboxylic acids is 1. The largest absolute Gasteiger partial charge is 0.481 e. The van der Waals surface area contributed by atoms with E-state index in [1.165, 1.54) is 6.92 Å². The molecule has 0 aromatic heterocycles. The number of aliphatic carboxylic acids is 1. The van der Waals surface area contributed by atoms with Crippen LogP contribution in [0.3, 0.4) is 0 Å². The normalized spacial score (nSPS) is 12.5. The fraction of sp³-hybridized carbons (Fsp3) is 0.727. The smallest absolute Gasteiger partial charge is 0.303 e. The highest BCUT2D eigenvalue weighted by molar-refractivity contribution is 5.85. The van der Waals surface area contributed by atoms with Crippen LogP contribution >= 0.6 is 0 Å². The van der Waals surface area contributed by atoms with Gasteiger partial charge in [-0.3, -0.25) is 14.4 Å². The van der Waals surface area contributed by atoms with Gasteiger partial charge in [-0.2, -0.15) is 0 Å². The van der Waals surface area contributed by atoms with E-state index in [9.17, 15) is 14.4 Å².